The SMILES string of the molecule is c1ccc(-c2ccc3c4ccccc4n(-c4cccc5sc6ccc7c(c8cc(-c9nc(-c%10ccccc%10)nc(-c%10ccccc%10)n9)ccc8n7-c7ccccc7)c6c45)c3c2)cc1. The summed E-state index contributed by atoms with van der Waals surface area (Å²) in [6, 6.07) is 75.6. The largest absolute Gasteiger partial charge is 0.309 e. The number of benzene rings is 9. The minimum absolute atomic E-state index is 0.632. The number of thiophene rings is 1. The quantitative estimate of drug-likeness (QED) is 0.168. The molecular formula is C57H35N5S. The zero-order chi connectivity index (χ0) is 41.4. The molecule has 13 aromatic rings. The van der Waals surface area contributed by atoms with Gasteiger partial charge < -0.3 is 9.13 Å². The number of hydrogen-bond donors (Lipinski definition) is 0. The zero-order valence-corrected chi connectivity index (χ0v) is 34.7. The lowest BCUT2D eigenvalue weighted by atomic mass is 10.0. The summed E-state index contributed by atoms with van der Waals surface area (Å²) in [5, 5.41) is 7.31. The van der Waals surface area contributed by atoms with E-state index in [1.165, 1.54) is 58.5 Å². The maximum Gasteiger partial charge on any atom is 0.164 e. The van der Waals surface area contributed by atoms with Gasteiger partial charge in [-0.3, -0.25) is 0 Å². The van der Waals surface area contributed by atoms with Crippen LogP contribution in [0.3, 0.4) is 0 Å². The average Bonchev–Trinajstić information content (AvgIpc) is 4.02. The van der Waals surface area contributed by atoms with Gasteiger partial charge in [0.1, 0.15) is 0 Å². The maximum absolute atomic E-state index is 5.16. The Labute approximate surface area is 366 Å². The first-order valence-electron chi connectivity index (χ1n) is 21.2. The third-order valence-electron chi connectivity index (χ3n) is 12.4. The van der Waals surface area contributed by atoms with E-state index in [2.05, 4.69) is 185 Å². The standard InChI is InChI=1S/C57H35N5S/c1-5-16-36(17-6-1)39-28-30-43-42-24-13-14-25-45(42)62(49(43)35-39)47-26-15-27-50-53(47)54-51(63-50)33-32-48-52(54)44-34-40(29-31-46(44)61(48)41-22-11-4-12-23-41)57-59-55(37-18-7-2-8-19-37)58-56(60-57)38-20-9-3-10-21-38/h1-35H. The Bertz CT molecular complexity index is 3830. The van der Waals surface area contributed by atoms with Gasteiger partial charge in [-0.05, 0) is 77.9 Å². The van der Waals surface area contributed by atoms with E-state index in [4.69, 9.17) is 15.0 Å². The summed E-state index contributed by atoms with van der Waals surface area (Å²) in [7, 11) is 0. The van der Waals surface area contributed by atoms with Crippen LogP contribution in [0.25, 0.3) is 120 Å². The van der Waals surface area contributed by atoms with Crippen molar-refractivity contribution in [1.82, 2.24) is 24.1 Å². The van der Waals surface area contributed by atoms with E-state index in [9.17, 15) is 0 Å². The van der Waals surface area contributed by atoms with Crippen molar-refractivity contribution in [2.75, 3.05) is 0 Å². The predicted molar refractivity (Wildman–Crippen MR) is 263 cm³/mol. The molecule has 294 valence electrons. The fourth-order valence-corrected chi connectivity index (χ4v) is 10.7. The van der Waals surface area contributed by atoms with Crippen molar-refractivity contribution >= 4 is 75.1 Å². The van der Waals surface area contributed by atoms with Crippen LogP contribution >= 0.6 is 11.3 Å². The third-order valence-corrected chi connectivity index (χ3v) is 13.5. The van der Waals surface area contributed by atoms with Gasteiger partial charge in [-0.1, -0.05) is 146 Å². The van der Waals surface area contributed by atoms with Crippen molar-refractivity contribution in [2.24, 2.45) is 0 Å². The number of fused-ring (bicyclic) bond motifs is 10. The topological polar surface area (TPSA) is 48.5 Å². The molecule has 0 spiro atoms. The average molecular weight is 822 g/mol. The Balaban J connectivity index is 1.13. The molecule has 0 amide bonds. The van der Waals surface area contributed by atoms with Gasteiger partial charge in [-0.15, -0.1) is 11.3 Å². The van der Waals surface area contributed by atoms with Gasteiger partial charge >= 0.3 is 0 Å². The van der Waals surface area contributed by atoms with Gasteiger partial charge in [0.15, 0.2) is 17.5 Å². The molecule has 5 nitrogen and oxygen atoms in total. The highest BCUT2D eigenvalue weighted by Crippen LogP contribution is 2.47. The Morgan fingerprint density at radius 1 is 0.302 bits per heavy atom. The summed E-state index contributed by atoms with van der Waals surface area (Å²) in [6.07, 6.45) is 0. The van der Waals surface area contributed by atoms with Crippen LogP contribution < -0.4 is 0 Å². The number of rotatable bonds is 6. The second kappa shape index (κ2) is 14.2. The first-order chi connectivity index (χ1) is 31.2. The van der Waals surface area contributed by atoms with Crippen molar-refractivity contribution < 1.29 is 0 Å². The lowest BCUT2D eigenvalue weighted by Crippen LogP contribution is -2.00. The zero-order valence-electron chi connectivity index (χ0n) is 33.9. The van der Waals surface area contributed by atoms with Crippen LogP contribution in [0.1, 0.15) is 0 Å². The van der Waals surface area contributed by atoms with Gasteiger partial charge in [0, 0.05) is 64.1 Å². The molecule has 0 fully saturated rings. The molecule has 4 heterocycles. The van der Waals surface area contributed by atoms with Gasteiger partial charge in [-0.25, -0.2) is 15.0 Å². The highest BCUT2D eigenvalue weighted by atomic mass is 32.1. The van der Waals surface area contributed by atoms with E-state index in [0.29, 0.717) is 17.5 Å². The van der Waals surface area contributed by atoms with E-state index in [-0.39, 0.29) is 0 Å². The van der Waals surface area contributed by atoms with E-state index in [1.807, 2.05) is 47.7 Å². The van der Waals surface area contributed by atoms with Gasteiger partial charge in [0.2, 0.25) is 0 Å². The number of nitrogens with zero attached hydrogens (tertiary/aromatic N) is 5. The Morgan fingerprint density at radius 2 is 0.857 bits per heavy atom. The maximum atomic E-state index is 5.16. The molecule has 0 bridgehead atoms. The molecule has 0 radical (unpaired) electrons. The number of aromatic nitrogens is 5. The van der Waals surface area contributed by atoms with Crippen LogP contribution in [0.4, 0.5) is 0 Å². The fourth-order valence-electron chi connectivity index (χ4n) is 9.56. The molecule has 0 atom stereocenters. The second-order valence-electron chi connectivity index (χ2n) is 16.0. The molecule has 0 aliphatic heterocycles. The van der Waals surface area contributed by atoms with Crippen LogP contribution in [0.5, 0.6) is 0 Å². The second-order valence-corrected chi connectivity index (χ2v) is 17.1. The molecule has 13 rings (SSSR count). The van der Waals surface area contributed by atoms with E-state index < -0.39 is 0 Å². The van der Waals surface area contributed by atoms with Crippen LogP contribution in [0.15, 0.2) is 212 Å². The monoisotopic (exact) mass is 821 g/mol. The minimum atomic E-state index is 0.632. The van der Waals surface area contributed by atoms with Crippen LogP contribution in [-0.4, -0.2) is 24.1 Å². The van der Waals surface area contributed by atoms with Crippen molar-refractivity contribution in [3.05, 3.63) is 212 Å². The Hall–Kier alpha value is -8.19. The van der Waals surface area contributed by atoms with E-state index in [1.54, 1.807) is 0 Å². The molecule has 0 saturated carbocycles. The predicted octanol–water partition coefficient (Wildman–Crippen LogP) is 15.1. The first kappa shape index (κ1) is 35.6. The minimum Gasteiger partial charge on any atom is -0.309 e. The molecule has 0 saturated heterocycles. The fraction of sp³-hybridized carbons (Fsp3) is 0. The summed E-state index contributed by atoms with van der Waals surface area (Å²) in [5.74, 6) is 1.92. The smallest absolute Gasteiger partial charge is 0.164 e. The molecule has 0 aliphatic rings. The third kappa shape index (κ3) is 5.66. The summed E-state index contributed by atoms with van der Waals surface area (Å²) in [6.45, 7) is 0. The lowest BCUT2D eigenvalue weighted by molar-refractivity contribution is 1.07. The molecular weight excluding hydrogens is 787 g/mol. The van der Waals surface area contributed by atoms with Crippen LogP contribution in [-0.2, 0) is 0 Å². The van der Waals surface area contributed by atoms with Gasteiger partial charge in [0.25, 0.3) is 0 Å². The summed E-state index contributed by atoms with van der Waals surface area (Å²) in [5.41, 5.74) is 12.1. The van der Waals surface area contributed by atoms with Crippen LogP contribution in [0.2, 0.25) is 0 Å². The van der Waals surface area contributed by atoms with E-state index in [0.717, 1.165) is 44.5 Å². The molecule has 0 N–H and O–H groups in total. The summed E-state index contributed by atoms with van der Waals surface area (Å²) < 4.78 is 7.39. The van der Waals surface area contributed by atoms with Crippen LogP contribution in [0, 0.1) is 0 Å². The van der Waals surface area contributed by atoms with Gasteiger partial charge in [0.05, 0.1) is 27.8 Å². The van der Waals surface area contributed by atoms with E-state index >= 15 is 0 Å². The highest BCUT2D eigenvalue weighted by molar-refractivity contribution is 7.26. The van der Waals surface area contributed by atoms with Crippen molar-refractivity contribution in [2.45, 2.75) is 0 Å². The first-order valence-corrected chi connectivity index (χ1v) is 22.0. The van der Waals surface area contributed by atoms with Crippen molar-refractivity contribution in [3.8, 4) is 56.7 Å². The lowest BCUT2D eigenvalue weighted by Gasteiger charge is -2.12. The number of hydrogen-bond acceptors (Lipinski definition) is 4. The van der Waals surface area contributed by atoms with Gasteiger partial charge in [-0.2, -0.15) is 0 Å². The molecule has 9 aromatic carbocycles. The van der Waals surface area contributed by atoms with Crippen molar-refractivity contribution in [1.29, 1.82) is 0 Å². The molecule has 6 heteroatoms. The Morgan fingerprint density at radius 3 is 1.57 bits per heavy atom. The normalized spacial score (nSPS) is 11.8. The molecule has 0 unspecified atom stereocenters. The summed E-state index contributed by atoms with van der Waals surface area (Å²) in [4.78, 5) is 15.3. The highest BCUT2D eigenvalue weighted by Gasteiger charge is 2.23. The molecule has 0 aliphatic carbocycles. The summed E-state index contributed by atoms with van der Waals surface area (Å²) >= 11 is 1.86. The van der Waals surface area contributed by atoms with Crippen molar-refractivity contribution in [3.63, 3.8) is 0 Å². The Kier molecular flexibility index (Phi) is 8.01. The molecule has 63 heavy (non-hydrogen) atoms. The number of para-hydroxylation sites is 2. The molecule has 4 aromatic heterocycles.